The molecular weight excluding hydrogens is 572 g/mol. The molecule has 27 heavy (non-hydrogen) atoms. The van der Waals surface area contributed by atoms with Gasteiger partial charge >= 0.3 is 151 Å². The molecule has 1 aromatic rings. The molecule has 0 N–H and O–H groups in total. The number of esters is 1. The second-order valence-corrected chi connectivity index (χ2v) is 7.25. The molecule has 0 spiro atoms. The summed E-state index contributed by atoms with van der Waals surface area (Å²) in [5, 5.41) is 3.00. The number of rotatable bonds is 3. The van der Waals surface area contributed by atoms with Crippen molar-refractivity contribution in [1.82, 2.24) is 9.88 Å². The Labute approximate surface area is 184 Å². The summed E-state index contributed by atoms with van der Waals surface area (Å²) < 4.78 is 5.06. The molecule has 2 unspecified atom stereocenters. The van der Waals surface area contributed by atoms with Gasteiger partial charge in [-0.2, -0.15) is 0 Å². The number of carbonyl (C=O) groups is 2. The summed E-state index contributed by atoms with van der Waals surface area (Å²) in [5.41, 5.74) is 1.67. The maximum Gasteiger partial charge on any atom is 0 e. The summed E-state index contributed by atoms with van der Waals surface area (Å²) in [7, 11) is 4.87. The molecule has 2 heterocycles. The number of carbonyl (C=O) groups excluding carboxylic acids is 2. The van der Waals surface area contributed by atoms with Crippen LogP contribution >= 0.6 is 7.81 Å². The third-order valence-electron chi connectivity index (χ3n) is 4.64. The minimum absolute atomic E-state index is 0. The molecule has 3 rings (SSSR count). The second kappa shape index (κ2) is 10.6. The fourth-order valence-electron chi connectivity index (χ4n) is 3.59. The minimum Gasteiger partial charge on any atom is 0 e. The van der Waals surface area contributed by atoms with E-state index < -0.39 is 5.97 Å². The van der Waals surface area contributed by atoms with Crippen LogP contribution < -0.4 is 0 Å². The number of hydrogen-bond donors (Lipinski definition) is 0. The van der Waals surface area contributed by atoms with Gasteiger partial charge < -0.3 is 0 Å². The number of aromatic nitrogens is 1. The van der Waals surface area contributed by atoms with E-state index in [0.29, 0.717) is 23.6 Å². The average molecular weight is 592 g/mol. The normalized spacial score (nSPS) is 22.4. The molecule has 5 nitrogen and oxygen atoms in total. The van der Waals surface area contributed by atoms with E-state index in [1.807, 2.05) is 6.07 Å². The predicted molar refractivity (Wildman–Crippen MR) is 110 cm³/mol. The van der Waals surface area contributed by atoms with E-state index >= 15 is 0 Å². The Hall–Kier alpha value is -0.908. The minimum atomic E-state index is -0.446. The Bertz CT molecular complexity index is 872. The molecule has 139 valence electrons. The number of nitrogens with zero attached hydrogens (tertiary/aromatic N) is 2. The van der Waals surface area contributed by atoms with Crippen LogP contribution in [-0.4, -0.2) is 61.7 Å². The van der Waals surface area contributed by atoms with Gasteiger partial charge in [0, 0.05) is 27.3 Å². The van der Waals surface area contributed by atoms with Crippen molar-refractivity contribution in [3.63, 3.8) is 0 Å². The topological polar surface area (TPSA) is 59.5 Å². The zero-order valence-corrected chi connectivity index (χ0v) is 21.4. The molecule has 2 atom stereocenters. The molecular formula is C19H20N2O3PSTl-. The molecule has 1 aliphatic carbocycles. The van der Waals surface area contributed by atoms with Crippen LogP contribution in [0.2, 0.25) is 0 Å². The third kappa shape index (κ3) is 5.13. The van der Waals surface area contributed by atoms with Crippen molar-refractivity contribution in [2.75, 3.05) is 6.61 Å². The molecule has 1 aliphatic heterocycles. The molecule has 8 heteroatoms. The van der Waals surface area contributed by atoms with Gasteiger partial charge in [0.25, 0.3) is 0 Å². The van der Waals surface area contributed by atoms with Gasteiger partial charge in [-0.1, -0.05) is 0 Å². The first-order valence-electron chi connectivity index (χ1n) is 8.67. The second-order valence-electron chi connectivity index (χ2n) is 6.23. The first-order chi connectivity index (χ1) is 12.7. The zero-order chi connectivity index (χ0) is 18.5. The maximum absolute atomic E-state index is 13.0. The first kappa shape index (κ1) is 22.4. The quantitative estimate of drug-likeness (QED) is 0.103. The number of pyridine rings is 1. The van der Waals surface area contributed by atoms with Crippen LogP contribution in [0, 0.1) is 17.1 Å². The summed E-state index contributed by atoms with van der Waals surface area (Å²) in [6.45, 7) is 2.05. The summed E-state index contributed by atoms with van der Waals surface area (Å²) in [4.78, 5) is 31.0. The Morgan fingerprint density at radius 1 is 1.52 bits per heavy atom. The number of amides is 1. The number of fused-ring (bicyclic) bond motifs is 1. The van der Waals surface area contributed by atoms with Crippen molar-refractivity contribution in [3.8, 4) is 11.2 Å². The standard InChI is InChI=1S/C19H20N2O3PS.Tl/c1-2-24-17(22)12-16-15-7-4-9-20-18(15)19(23)21(16)14-6-3-5-13(11-14)8-10-26-25;/h4,7,9,12-14,26H,2-3,5-6,11H2,1H3;/q-1;/b16-12+;. The molecule has 2 aliphatic rings. The van der Waals surface area contributed by atoms with Gasteiger partial charge in [-0.05, 0) is 6.92 Å². The third-order valence-corrected chi connectivity index (χ3v) is 5.17. The molecule has 1 saturated carbocycles. The fourth-order valence-corrected chi connectivity index (χ4v) is 4.00. The van der Waals surface area contributed by atoms with E-state index in [-0.39, 0.29) is 45.2 Å². The monoisotopic (exact) mass is 592 g/mol. The molecule has 1 amide bonds. The average Bonchev–Trinajstić information content (AvgIpc) is 2.93. The van der Waals surface area contributed by atoms with Crippen molar-refractivity contribution in [1.29, 1.82) is 0 Å². The van der Waals surface area contributed by atoms with Gasteiger partial charge in [-0.25, -0.2) is 0 Å². The van der Waals surface area contributed by atoms with E-state index in [2.05, 4.69) is 24.0 Å². The Balaban J connectivity index is 0.00000261. The van der Waals surface area contributed by atoms with Crippen molar-refractivity contribution in [3.05, 3.63) is 35.7 Å². The van der Waals surface area contributed by atoms with Gasteiger partial charge in [0.15, 0.2) is 0 Å². The van der Waals surface area contributed by atoms with Gasteiger partial charge in [0.1, 0.15) is 0 Å². The van der Waals surface area contributed by atoms with Crippen LogP contribution in [0.1, 0.15) is 48.7 Å². The van der Waals surface area contributed by atoms with Gasteiger partial charge in [0.2, 0.25) is 0 Å². The smallest absolute Gasteiger partial charge is 0 e. The van der Waals surface area contributed by atoms with Crippen LogP contribution in [0.3, 0.4) is 0 Å². The van der Waals surface area contributed by atoms with Crippen LogP contribution in [0.4, 0.5) is 0 Å². The van der Waals surface area contributed by atoms with Crippen LogP contribution in [0.25, 0.3) is 5.70 Å². The Morgan fingerprint density at radius 3 is 3.07 bits per heavy atom. The molecule has 1 fully saturated rings. The SMILES string of the molecule is CCOC(=O)/C=C1\c2cccnc2C(=O)N1C1CCCC(C#C[SH-]#P)C1.[Tl]. The molecule has 1 aromatic heterocycles. The van der Waals surface area contributed by atoms with Crippen molar-refractivity contribution in [2.45, 2.75) is 38.6 Å². The predicted octanol–water partition coefficient (Wildman–Crippen LogP) is 2.72. The summed E-state index contributed by atoms with van der Waals surface area (Å²) >= 11 is 0. The Kier molecular flexibility index (Phi) is 8.78. The molecule has 1 radical (unpaired) electrons. The molecule has 0 bridgehead atoms. The largest absolute Gasteiger partial charge is 0 e. The Morgan fingerprint density at radius 2 is 2.33 bits per heavy atom. The maximum atomic E-state index is 13.0. The van der Waals surface area contributed by atoms with Crippen molar-refractivity contribution in [2.24, 2.45) is 5.92 Å². The van der Waals surface area contributed by atoms with Gasteiger partial charge in [0.05, 0.1) is 0 Å². The summed E-state index contributed by atoms with van der Waals surface area (Å²) in [5.74, 6) is 2.87. The van der Waals surface area contributed by atoms with E-state index in [1.54, 1.807) is 24.1 Å². The fraction of sp³-hybridized carbons (Fsp3) is 0.421. The zero-order valence-electron chi connectivity index (χ0n) is 15.1. The van der Waals surface area contributed by atoms with Crippen LogP contribution in [0.5, 0.6) is 0 Å². The molecule has 0 aromatic carbocycles. The molecule has 0 saturated heterocycles. The van der Waals surface area contributed by atoms with Crippen LogP contribution in [0.15, 0.2) is 24.4 Å². The van der Waals surface area contributed by atoms with Crippen LogP contribution in [-0.2, 0) is 20.3 Å². The van der Waals surface area contributed by atoms with Gasteiger partial charge in [-0.15, -0.1) is 0 Å². The van der Waals surface area contributed by atoms with Crippen molar-refractivity contribution >= 4 is 63.4 Å². The van der Waals surface area contributed by atoms with E-state index in [9.17, 15) is 9.59 Å². The number of ether oxygens (including phenoxy) is 1. The van der Waals surface area contributed by atoms with Crippen molar-refractivity contribution < 1.29 is 14.3 Å². The van der Waals surface area contributed by atoms with E-state index in [0.717, 1.165) is 36.4 Å². The summed E-state index contributed by atoms with van der Waals surface area (Å²) in [6.07, 6.45) is 6.71. The summed E-state index contributed by atoms with van der Waals surface area (Å²) in [6, 6.07) is 3.60. The van der Waals surface area contributed by atoms with E-state index in [4.69, 9.17) is 4.74 Å². The van der Waals surface area contributed by atoms with E-state index in [1.165, 1.54) is 6.08 Å². The van der Waals surface area contributed by atoms with Gasteiger partial charge in [-0.3, -0.25) is 0 Å². The number of thiol groups is 1. The number of hydrogen-bond acceptors (Lipinski definition) is 5. The first-order valence-corrected chi connectivity index (χ1v) is 10.7.